The number of carbonyl (C=O) groups excluding carboxylic acids is 1. The van der Waals surface area contributed by atoms with Crippen molar-refractivity contribution in [3.63, 3.8) is 0 Å². The predicted octanol–water partition coefficient (Wildman–Crippen LogP) is 2.76. The highest BCUT2D eigenvalue weighted by Gasteiger charge is 2.20. The van der Waals surface area contributed by atoms with Crippen LogP contribution >= 0.6 is 0 Å². The van der Waals surface area contributed by atoms with Gasteiger partial charge in [-0.25, -0.2) is 0 Å². The normalized spacial score (nSPS) is 15.2. The average Bonchev–Trinajstić information content (AvgIpc) is 2.65. The van der Waals surface area contributed by atoms with Crippen LogP contribution in [0.25, 0.3) is 0 Å². The van der Waals surface area contributed by atoms with Gasteiger partial charge < -0.3 is 9.64 Å². The van der Waals surface area contributed by atoms with Gasteiger partial charge in [0.2, 0.25) is 5.91 Å². The molecule has 0 radical (unpaired) electrons. The lowest BCUT2D eigenvalue weighted by molar-refractivity contribution is -0.132. The van der Waals surface area contributed by atoms with Gasteiger partial charge in [0.05, 0.1) is 6.42 Å². The number of hydrogen-bond acceptors (Lipinski definition) is 3. The van der Waals surface area contributed by atoms with Crippen LogP contribution in [-0.4, -0.2) is 55.0 Å². The van der Waals surface area contributed by atoms with E-state index < -0.39 is 0 Å². The molecule has 4 nitrogen and oxygen atoms in total. The van der Waals surface area contributed by atoms with Gasteiger partial charge in [-0.05, 0) is 24.1 Å². The van der Waals surface area contributed by atoms with E-state index in [0.29, 0.717) is 13.0 Å². The molecule has 0 N–H and O–H groups in total. The summed E-state index contributed by atoms with van der Waals surface area (Å²) >= 11 is 0. The van der Waals surface area contributed by atoms with Crippen molar-refractivity contribution in [1.82, 2.24) is 9.80 Å². The molecule has 25 heavy (non-hydrogen) atoms. The molecular formula is C21H26N2O2. The Hall–Kier alpha value is -2.33. The molecule has 2 aromatic carbocycles. The molecule has 0 saturated carbocycles. The van der Waals surface area contributed by atoms with Crippen molar-refractivity contribution >= 4 is 5.91 Å². The second kappa shape index (κ2) is 8.67. The number of nitrogens with zero attached hydrogens (tertiary/aromatic N) is 2. The number of rotatable bonds is 6. The van der Waals surface area contributed by atoms with Crippen molar-refractivity contribution in [2.75, 3.05) is 39.3 Å². The molecule has 1 fully saturated rings. The number of piperazine rings is 1. The fourth-order valence-electron chi connectivity index (χ4n) is 3.11. The van der Waals surface area contributed by atoms with Crippen LogP contribution in [-0.2, 0) is 11.2 Å². The number of aryl methyl sites for hydroxylation is 1. The van der Waals surface area contributed by atoms with Crippen LogP contribution in [0.2, 0.25) is 0 Å². The molecular weight excluding hydrogens is 312 g/mol. The highest BCUT2D eigenvalue weighted by Crippen LogP contribution is 2.16. The molecule has 0 atom stereocenters. The first kappa shape index (κ1) is 17.5. The second-order valence-electron chi connectivity index (χ2n) is 6.50. The van der Waals surface area contributed by atoms with Crippen molar-refractivity contribution in [2.45, 2.75) is 13.3 Å². The lowest BCUT2D eigenvalue weighted by Gasteiger charge is -2.34. The number of carbonyl (C=O) groups is 1. The van der Waals surface area contributed by atoms with Gasteiger partial charge in [-0.1, -0.05) is 48.5 Å². The molecule has 1 aliphatic rings. The summed E-state index contributed by atoms with van der Waals surface area (Å²) in [6.07, 6.45) is 0.497. The van der Waals surface area contributed by atoms with E-state index in [1.54, 1.807) is 0 Å². The predicted molar refractivity (Wildman–Crippen MR) is 99.8 cm³/mol. The maximum absolute atomic E-state index is 12.4. The van der Waals surface area contributed by atoms with E-state index in [1.165, 1.54) is 5.56 Å². The Balaban J connectivity index is 1.38. The maximum Gasteiger partial charge on any atom is 0.227 e. The van der Waals surface area contributed by atoms with Gasteiger partial charge >= 0.3 is 0 Å². The summed E-state index contributed by atoms with van der Waals surface area (Å²) in [7, 11) is 0. The average molecular weight is 338 g/mol. The first-order chi connectivity index (χ1) is 12.2. The smallest absolute Gasteiger partial charge is 0.227 e. The molecule has 0 aromatic heterocycles. The zero-order valence-electron chi connectivity index (χ0n) is 14.9. The zero-order chi connectivity index (χ0) is 17.5. The van der Waals surface area contributed by atoms with Crippen molar-refractivity contribution in [2.24, 2.45) is 0 Å². The van der Waals surface area contributed by atoms with Crippen molar-refractivity contribution in [3.05, 3.63) is 65.7 Å². The topological polar surface area (TPSA) is 32.8 Å². The van der Waals surface area contributed by atoms with E-state index in [9.17, 15) is 4.79 Å². The number of hydrogen-bond donors (Lipinski definition) is 0. The number of ether oxygens (including phenoxy) is 1. The molecule has 132 valence electrons. The largest absolute Gasteiger partial charge is 0.492 e. The van der Waals surface area contributed by atoms with Crippen LogP contribution in [0.4, 0.5) is 0 Å². The highest BCUT2D eigenvalue weighted by atomic mass is 16.5. The summed E-state index contributed by atoms with van der Waals surface area (Å²) in [5.41, 5.74) is 2.25. The van der Waals surface area contributed by atoms with E-state index in [0.717, 1.165) is 44.0 Å². The van der Waals surface area contributed by atoms with Crippen LogP contribution in [0.3, 0.4) is 0 Å². The van der Waals surface area contributed by atoms with Crippen molar-refractivity contribution < 1.29 is 9.53 Å². The Kier molecular flexibility index (Phi) is 6.07. The van der Waals surface area contributed by atoms with Crippen LogP contribution in [0.15, 0.2) is 54.6 Å². The lowest BCUT2D eigenvalue weighted by Crippen LogP contribution is -2.49. The molecule has 0 unspecified atom stereocenters. The quantitative estimate of drug-likeness (QED) is 0.812. The van der Waals surface area contributed by atoms with Crippen molar-refractivity contribution in [3.8, 4) is 5.75 Å². The second-order valence-corrected chi connectivity index (χ2v) is 6.50. The molecule has 1 saturated heterocycles. The van der Waals surface area contributed by atoms with Gasteiger partial charge in [0.15, 0.2) is 0 Å². The summed E-state index contributed by atoms with van der Waals surface area (Å²) < 4.78 is 5.87. The van der Waals surface area contributed by atoms with Gasteiger partial charge in [0.1, 0.15) is 12.4 Å². The molecule has 2 aromatic rings. The van der Waals surface area contributed by atoms with E-state index >= 15 is 0 Å². The lowest BCUT2D eigenvalue weighted by atomic mass is 10.1. The molecule has 1 amide bonds. The molecule has 3 rings (SSSR count). The third-order valence-corrected chi connectivity index (χ3v) is 4.68. The Morgan fingerprint density at radius 3 is 2.36 bits per heavy atom. The van der Waals surface area contributed by atoms with Gasteiger partial charge in [0, 0.05) is 32.7 Å². The van der Waals surface area contributed by atoms with E-state index in [1.807, 2.05) is 53.4 Å². The molecule has 0 bridgehead atoms. The first-order valence-corrected chi connectivity index (χ1v) is 8.95. The third-order valence-electron chi connectivity index (χ3n) is 4.68. The van der Waals surface area contributed by atoms with E-state index in [2.05, 4.69) is 17.9 Å². The Bertz CT molecular complexity index is 679. The van der Waals surface area contributed by atoms with Gasteiger partial charge in [-0.15, -0.1) is 0 Å². The Morgan fingerprint density at radius 1 is 0.960 bits per heavy atom. The molecule has 4 heteroatoms. The highest BCUT2D eigenvalue weighted by molar-refractivity contribution is 5.78. The van der Waals surface area contributed by atoms with Gasteiger partial charge in [-0.2, -0.15) is 0 Å². The van der Waals surface area contributed by atoms with Gasteiger partial charge in [-0.3, -0.25) is 9.69 Å². The van der Waals surface area contributed by atoms with Gasteiger partial charge in [0.25, 0.3) is 0 Å². The molecule has 0 aliphatic carbocycles. The van der Waals surface area contributed by atoms with E-state index in [4.69, 9.17) is 4.74 Å². The molecule has 0 spiro atoms. The maximum atomic E-state index is 12.4. The summed E-state index contributed by atoms with van der Waals surface area (Å²) in [5.74, 6) is 1.18. The molecule has 1 aliphatic heterocycles. The summed E-state index contributed by atoms with van der Waals surface area (Å²) in [4.78, 5) is 16.7. The minimum Gasteiger partial charge on any atom is -0.492 e. The molecule has 1 heterocycles. The minimum atomic E-state index is 0.224. The van der Waals surface area contributed by atoms with Crippen LogP contribution in [0, 0.1) is 6.92 Å². The number of benzene rings is 2. The standard InChI is InChI=1S/C21H26N2O2/c1-18-7-5-6-10-20(18)25-16-15-22-11-13-23(14-12-22)21(24)17-19-8-3-2-4-9-19/h2-10H,11-17H2,1H3. The summed E-state index contributed by atoms with van der Waals surface area (Å²) in [5, 5.41) is 0. The van der Waals surface area contributed by atoms with E-state index in [-0.39, 0.29) is 5.91 Å². The minimum absolute atomic E-state index is 0.224. The SMILES string of the molecule is Cc1ccccc1OCCN1CCN(C(=O)Cc2ccccc2)CC1. The van der Waals surface area contributed by atoms with Crippen LogP contribution in [0.5, 0.6) is 5.75 Å². The fraction of sp³-hybridized carbons (Fsp3) is 0.381. The van der Waals surface area contributed by atoms with Crippen LogP contribution in [0.1, 0.15) is 11.1 Å². The Labute approximate surface area is 150 Å². The zero-order valence-corrected chi connectivity index (χ0v) is 14.9. The first-order valence-electron chi connectivity index (χ1n) is 8.95. The fourth-order valence-corrected chi connectivity index (χ4v) is 3.11. The number of amides is 1. The third kappa shape index (κ3) is 5.07. The summed E-state index contributed by atoms with van der Waals surface area (Å²) in [6, 6.07) is 18.1. The van der Waals surface area contributed by atoms with Crippen LogP contribution < -0.4 is 4.74 Å². The monoisotopic (exact) mass is 338 g/mol. The summed E-state index contributed by atoms with van der Waals surface area (Å²) in [6.45, 7) is 7.08. The van der Waals surface area contributed by atoms with Crippen molar-refractivity contribution in [1.29, 1.82) is 0 Å². The Morgan fingerprint density at radius 2 is 1.64 bits per heavy atom. The number of para-hydroxylation sites is 1.